The topological polar surface area (TPSA) is 72.5 Å². The van der Waals surface area contributed by atoms with Crippen LogP contribution in [-0.2, 0) is 8.98 Å². The zero-order chi connectivity index (χ0) is 6.57. The normalized spacial score (nSPS) is 12.9. The van der Waals surface area contributed by atoms with E-state index in [1.54, 1.807) is 0 Å². The SMILES string of the molecule is NC(CO)C(=O)OS. The molecule has 8 heavy (non-hydrogen) atoms. The lowest BCUT2D eigenvalue weighted by Crippen LogP contribution is -2.33. The Bertz CT molecular complexity index is 86.6. The number of carbonyl (C=O) groups is 1. The molecular formula is C3H7NO3S. The summed E-state index contributed by atoms with van der Waals surface area (Å²) >= 11 is 3.17. The first-order chi connectivity index (χ1) is 3.72. The third-order valence-electron chi connectivity index (χ3n) is 0.589. The van der Waals surface area contributed by atoms with Gasteiger partial charge in [-0.3, -0.25) is 0 Å². The Morgan fingerprint density at radius 1 is 2.00 bits per heavy atom. The molecule has 4 nitrogen and oxygen atoms in total. The van der Waals surface area contributed by atoms with E-state index in [1.807, 2.05) is 0 Å². The van der Waals surface area contributed by atoms with Crippen molar-refractivity contribution >= 4 is 18.9 Å². The van der Waals surface area contributed by atoms with Crippen molar-refractivity contribution in [3.8, 4) is 0 Å². The highest BCUT2D eigenvalue weighted by Gasteiger charge is 2.10. The average Bonchev–Trinajstić information content (AvgIpc) is 1.84. The summed E-state index contributed by atoms with van der Waals surface area (Å²) in [5.41, 5.74) is 4.95. The van der Waals surface area contributed by atoms with Crippen LogP contribution in [0.3, 0.4) is 0 Å². The van der Waals surface area contributed by atoms with Gasteiger partial charge in [0.25, 0.3) is 0 Å². The molecular weight excluding hydrogens is 130 g/mol. The van der Waals surface area contributed by atoms with E-state index in [2.05, 4.69) is 17.1 Å². The van der Waals surface area contributed by atoms with E-state index in [1.165, 1.54) is 0 Å². The highest BCUT2D eigenvalue weighted by molar-refractivity contribution is 7.75. The molecule has 1 atom stereocenters. The summed E-state index contributed by atoms with van der Waals surface area (Å²) in [6, 6.07) is -0.965. The first-order valence-electron chi connectivity index (χ1n) is 1.94. The van der Waals surface area contributed by atoms with Gasteiger partial charge in [0.1, 0.15) is 6.04 Å². The van der Waals surface area contributed by atoms with Crippen molar-refractivity contribution in [3.63, 3.8) is 0 Å². The molecule has 0 aliphatic rings. The molecule has 0 aliphatic carbocycles. The molecule has 0 aromatic heterocycles. The molecule has 0 saturated carbocycles. The minimum atomic E-state index is -0.965. The Kier molecular flexibility index (Phi) is 3.59. The number of hydrogen-bond donors (Lipinski definition) is 3. The number of aliphatic hydroxyl groups excluding tert-OH is 1. The predicted octanol–water partition coefficient (Wildman–Crippen LogP) is -1.31. The quantitative estimate of drug-likeness (QED) is 0.326. The minimum absolute atomic E-state index is 0.417. The van der Waals surface area contributed by atoms with Crippen molar-refractivity contribution in [2.75, 3.05) is 6.61 Å². The Labute approximate surface area is 52.2 Å². The highest BCUT2D eigenvalue weighted by Crippen LogP contribution is 1.85. The smallest absolute Gasteiger partial charge is 0.337 e. The second-order valence-corrected chi connectivity index (χ2v) is 1.38. The summed E-state index contributed by atoms with van der Waals surface area (Å²) in [6.07, 6.45) is 0. The molecule has 0 fully saturated rings. The van der Waals surface area contributed by atoms with Crippen LogP contribution in [0.1, 0.15) is 0 Å². The second kappa shape index (κ2) is 3.71. The van der Waals surface area contributed by atoms with Gasteiger partial charge in [0, 0.05) is 12.9 Å². The fraction of sp³-hybridized carbons (Fsp3) is 0.667. The lowest BCUT2D eigenvalue weighted by Gasteiger charge is -2.01. The number of thiol groups is 1. The van der Waals surface area contributed by atoms with Crippen LogP contribution < -0.4 is 5.73 Å². The molecule has 0 aromatic carbocycles. The van der Waals surface area contributed by atoms with Gasteiger partial charge >= 0.3 is 5.97 Å². The monoisotopic (exact) mass is 137 g/mol. The maximum absolute atomic E-state index is 10.2. The summed E-state index contributed by atoms with van der Waals surface area (Å²) in [5, 5.41) is 8.18. The van der Waals surface area contributed by atoms with Crippen LogP contribution >= 0.6 is 12.9 Å². The van der Waals surface area contributed by atoms with E-state index in [9.17, 15) is 4.79 Å². The van der Waals surface area contributed by atoms with Crippen molar-refractivity contribution in [2.45, 2.75) is 6.04 Å². The Hall–Kier alpha value is -0.260. The molecule has 0 rings (SSSR count). The zero-order valence-corrected chi connectivity index (χ0v) is 4.97. The van der Waals surface area contributed by atoms with Crippen LogP contribution in [0.25, 0.3) is 0 Å². The minimum Gasteiger partial charge on any atom is -0.394 e. The van der Waals surface area contributed by atoms with Gasteiger partial charge in [0.15, 0.2) is 0 Å². The van der Waals surface area contributed by atoms with E-state index in [0.717, 1.165) is 0 Å². The Balaban J connectivity index is 3.46. The van der Waals surface area contributed by atoms with E-state index in [-0.39, 0.29) is 0 Å². The molecule has 0 aliphatic heterocycles. The zero-order valence-electron chi connectivity index (χ0n) is 4.07. The number of nitrogens with two attached hydrogens (primary N) is 1. The molecule has 1 unspecified atom stereocenters. The molecule has 3 N–H and O–H groups in total. The second-order valence-electron chi connectivity index (χ2n) is 1.20. The van der Waals surface area contributed by atoms with Crippen molar-refractivity contribution in [1.82, 2.24) is 0 Å². The lowest BCUT2D eigenvalue weighted by molar-refractivity contribution is -0.135. The van der Waals surface area contributed by atoms with Crippen LogP contribution in [-0.4, -0.2) is 23.7 Å². The summed E-state index contributed by atoms with van der Waals surface area (Å²) in [4.78, 5) is 10.2. The molecule has 0 amide bonds. The number of carbonyl (C=O) groups excluding carboxylic acids is 1. The standard InChI is InChI=1S/C3H7NO3S/c4-2(1-5)3(6)7-8/h2,5,8H,1,4H2. The first-order valence-corrected chi connectivity index (χ1v) is 2.30. The fourth-order valence-corrected chi connectivity index (χ4v) is 0.278. The van der Waals surface area contributed by atoms with E-state index in [4.69, 9.17) is 10.8 Å². The summed E-state index contributed by atoms with van der Waals surface area (Å²) in [6.45, 7) is -0.417. The van der Waals surface area contributed by atoms with E-state index in [0.29, 0.717) is 0 Å². The largest absolute Gasteiger partial charge is 0.394 e. The predicted molar refractivity (Wildman–Crippen MR) is 30.1 cm³/mol. The lowest BCUT2D eigenvalue weighted by atomic mass is 10.3. The van der Waals surface area contributed by atoms with E-state index >= 15 is 0 Å². The summed E-state index contributed by atoms with van der Waals surface area (Å²) in [5.74, 6) is -0.726. The van der Waals surface area contributed by atoms with Gasteiger partial charge in [-0.25, -0.2) is 4.79 Å². The van der Waals surface area contributed by atoms with Crippen molar-refractivity contribution < 1.29 is 14.1 Å². The number of hydrogen-bond acceptors (Lipinski definition) is 5. The van der Waals surface area contributed by atoms with Gasteiger partial charge in [-0.05, 0) is 0 Å². The van der Waals surface area contributed by atoms with Crippen molar-refractivity contribution in [1.29, 1.82) is 0 Å². The molecule has 0 heterocycles. The van der Waals surface area contributed by atoms with Crippen molar-refractivity contribution in [2.24, 2.45) is 5.73 Å². The maximum Gasteiger partial charge on any atom is 0.337 e. The number of aliphatic hydroxyl groups is 1. The van der Waals surface area contributed by atoms with Crippen LogP contribution in [0.2, 0.25) is 0 Å². The molecule has 0 bridgehead atoms. The molecule has 0 spiro atoms. The molecule has 0 aromatic rings. The molecule has 5 heteroatoms. The van der Waals surface area contributed by atoms with Gasteiger partial charge in [-0.15, -0.1) is 0 Å². The highest BCUT2D eigenvalue weighted by atomic mass is 32.1. The van der Waals surface area contributed by atoms with Crippen molar-refractivity contribution in [3.05, 3.63) is 0 Å². The van der Waals surface area contributed by atoms with Crippen LogP contribution in [0.4, 0.5) is 0 Å². The van der Waals surface area contributed by atoms with Crippen LogP contribution in [0.5, 0.6) is 0 Å². The average molecular weight is 137 g/mol. The number of rotatable bonds is 2. The van der Waals surface area contributed by atoms with E-state index < -0.39 is 18.6 Å². The molecule has 0 saturated heterocycles. The first kappa shape index (κ1) is 7.74. The third kappa shape index (κ3) is 2.15. The molecule has 48 valence electrons. The third-order valence-corrected chi connectivity index (χ3v) is 0.769. The van der Waals surface area contributed by atoms with Gasteiger partial charge in [0.2, 0.25) is 0 Å². The van der Waals surface area contributed by atoms with Gasteiger partial charge in [-0.1, -0.05) is 0 Å². The Morgan fingerprint density at radius 2 is 2.50 bits per heavy atom. The van der Waals surface area contributed by atoms with Gasteiger partial charge in [0.05, 0.1) is 6.61 Å². The van der Waals surface area contributed by atoms with Crippen LogP contribution in [0, 0.1) is 0 Å². The summed E-state index contributed by atoms with van der Waals surface area (Å²) < 4.78 is 3.87. The van der Waals surface area contributed by atoms with Crippen LogP contribution in [0.15, 0.2) is 0 Å². The van der Waals surface area contributed by atoms with Gasteiger partial charge in [-0.2, -0.15) is 0 Å². The fourth-order valence-electron chi connectivity index (χ4n) is 0.142. The maximum atomic E-state index is 10.2. The summed E-state index contributed by atoms with van der Waals surface area (Å²) in [7, 11) is 0. The van der Waals surface area contributed by atoms with Gasteiger partial charge < -0.3 is 15.0 Å². The Morgan fingerprint density at radius 3 is 2.62 bits per heavy atom. The molecule has 0 radical (unpaired) electrons.